The number of hydrogen-bond donors (Lipinski definition) is 1. The first kappa shape index (κ1) is 16.2. The minimum absolute atomic E-state index is 0.441. The molecule has 0 bridgehead atoms. The molecule has 19 heavy (non-hydrogen) atoms. The monoisotopic (exact) mass is 262 g/mol. The lowest BCUT2D eigenvalue weighted by Gasteiger charge is -2.25. The fraction of sp³-hybridized carbons (Fsp3) is 0.647. The third-order valence-corrected chi connectivity index (χ3v) is 3.67. The summed E-state index contributed by atoms with van der Waals surface area (Å²) in [7, 11) is 2.21. The fourth-order valence-corrected chi connectivity index (χ4v) is 2.37. The van der Waals surface area contributed by atoms with E-state index in [1.807, 2.05) is 0 Å². The van der Waals surface area contributed by atoms with E-state index in [9.17, 15) is 0 Å². The van der Waals surface area contributed by atoms with Gasteiger partial charge in [0.15, 0.2) is 0 Å². The van der Waals surface area contributed by atoms with Crippen LogP contribution in [0.5, 0.6) is 0 Å². The van der Waals surface area contributed by atoms with Crippen molar-refractivity contribution in [3.8, 4) is 0 Å². The lowest BCUT2D eigenvalue weighted by atomic mass is 10.0. The zero-order valence-corrected chi connectivity index (χ0v) is 13.3. The van der Waals surface area contributed by atoms with Crippen LogP contribution in [0.15, 0.2) is 18.2 Å². The van der Waals surface area contributed by atoms with Crippen molar-refractivity contribution in [1.82, 2.24) is 10.2 Å². The fourth-order valence-electron chi connectivity index (χ4n) is 2.37. The van der Waals surface area contributed by atoms with Crippen LogP contribution in [0.3, 0.4) is 0 Å². The number of rotatable bonds is 8. The lowest BCUT2D eigenvalue weighted by Crippen LogP contribution is -2.34. The van der Waals surface area contributed by atoms with Crippen molar-refractivity contribution in [3.05, 3.63) is 34.9 Å². The van der Waals surface area contributed by atoms with E-state index < -0.39 is 0 Å². The molecule has 0 aliphatic carbocycles. The third kappa shape index (κ3) is 5.33. The first-order chi connectivity index (χ1) is 9.08. The molecule has 1 atom stereocenters. The second kappa shape index (κ2) is 8.34. The Kier molecular flexibility index (Phi) is 7.11. The Labute approximate surface area is 119 Å². The van der Waals surface area contributed by atoms with Gasteiger partial charge in [0.2, 0.25) is 0 Å². The van der Waals surface area contributed by atoms with Gasteiger partial charge in [-0.3, -0.25) is 0 Å². The molecule has 0 aliphatic rings. The van der Waals surface area contributed by atoms with Gasteiger partial charge < -0.3 is 10.2 Å². The van der Waals surface area contributed by atoms with Crippen molar-refractivity contribution in [2.45, 2.75) is 46.6 Å². The molecule has 1 N–H and O–H groups in total. The normalized spacial score (nSPS) is 12.9. The van der Waals surface area contributed by atoms with E-state index in [1.165, 1.54) is 29.5 Å². The van der Waals surface area contributed by atoms with Crippen LogP contribution in [-0.2, 0) is 0 Å². The van der Waals surface area contributed by atoms with E-state index in [1.54, 1.807) is 0 Å². The molecule has 0 amide bonds. The molecule has 0 saturated carbocycles. The average molecular weight is 262 g/mol. The number of likely N-dealkylation sites (N-methyl/N-ethyl adjacent to an activating group) is 1. The van der Waals surface area contributed by atoms with Crippen molar-refractivity contribution in [1.29, 1.82) is 0 Å². The van der Waals surface area contributed by atoms with Crippen molar-refractivity contribution in [2.75, 3.05) is 26.7 Å². The van der Waals surface area contributed by atoms with Crippen molar-refractivity contribution >= 4 is 0 Å². The summed E-state index contributed by atoms with van der Waals surface area (Å²) in [5.74, 6) is 0. The third-order valence-electron chi connectivity index (χ3n) is 3.67. The highest BCUT2D eigenvalue weighted by Crippen LogP contribution is 2.18. The molecule has 1 rings (SSSR count). The lowest BCUT2D eigenvalue weighted by molar-refractivity contribution is 0.291. The summed E-state index contributed by atoms with van der Waals surface area (Å²) in [4.78, 5) is 2.42. The maximum atomic E-state index is 3.68. The summed E-state index contributed by atoms with van der Waals surface area (Å²) in [5, 5.41) is 3.68. The molecular weight excluding hydrogens is 232 g/mol. The van der Waals surface area contributed by atoms with Crippen molar-refractivity contribution < 1.29 is 0 Å². The first-order valence-corrected chi connectivity index (χ1v) is 7.57. The highest BCUT2D eigenvalue weighted by molar-refractivity contribution is 5.31. The molecule has 0 radical (unpaired) electrons. The van der Waals surface area contributed by atoms with Gasteiger partial charge in [0.05, 0.1) is 0 Å². The molecule has 1 aromatic carbocycles. The van der Waals surface area contributed by atoms with E-state index >= 15 is 0 Å². The summed E-state index contributed by atoms with van der Waals surface area (Å²) >= 11 is 0. The largest absolute Gasteiger partial charge is 0.309 e. The minimum atomic E-state index is 0.441. The molecule has 108 valence electrons. The van der Waals surface area contributed by atoms with E-state index in [4.69, 9.17) is 0 Å². The van der Waals surface area contributed by atoms with Gasteiger partial charge in [0, 0.05) is 12.6 Å². The van der Waals surface area contributed by atoms with Crippen LogP contribution in [0.2, 0.25) is 0 Å². The number of benzene rings is 1. The highest BCUT2D eigenvalue weighted by Gasteiger charge is 2.13. The molecule has 2 heteroatoms. The van der Waals surface area contributed by atoms with Crippen LogP contribution >= 0.6 is 0 Å². The van der Waals surface area contributed by atoms with Gasteiger partial charge in [-0.15, -0.1) is 0 Å². The SMILES string of the molecule is CCCNC(CN(C)CCC)c1ccc(C)c(C)c1. The van der Waals surface area contributed by atoms with Gasteiger partial charge in [0.1, 0.15) is 0 Å². The zero-order valence-electron chi connectivity index (χ0n) is 13.3. The Bertz CT molecular complexity index is 374. The topological polar surface area (TPSA) is 15.3 Å². The van der Waals surface area contributed by atoms with Crippen molar-refractivity contribution in [3.63, 3.8) is 0 Å². The molecule has 0 aromatic heterocycles. The van der Waals surface area contributed by atoms with Gasteiger partial charge in [-0.25, -0.2) is 0 Å². The van der Waals surface area contributed by atoms with Crippen LogP contribution in [0, 0.1) is 13.8 Å². The highest BCUT2D eigenvalue weighted by atomic mass is 15.1. The maximum Gasteiger partial charge on any atom is 0.0449 e. The summed E-state index contributed by atoms with van der Waals surface area (Å²) < 4.78 is 0. The Morgan fingerprint density at radius 2 is 1.84 bits per heavy atom. The Balaban J connectivity index is 2.79. The number of nitrogens with one attached hydrogen (secondary N) is 1. The molecule has 0 aliphatic heterocycles. The number of hydrogen-bond acceptors (Lipinski definition) is 2. The summed E-state index contributed by atoms with van der Waals surface area (Å²) in [6.07, 6.45) is 2.39. The average Bonchev–Trinajstić information content (AvgIpc) is 2.38. The second-order valence-electron chi connectivity index (χ2n) is 5.61. The van der Waals surface area contributed by atoms with Crippen LogP contribution in [0.1, 0.15) is 49.4 Å². The molecule has 1 unspecified atom stereocenters. The minimum Gasteiger partial charge on any atom is -0.309 e. The van der Waals surface area contributed by atoms with Crippen LogP contribution in [-0.4, -0.2) is 31.6 Å². The van der Waals surface area contributed by atoms with Crippen LogP contribution in [0.25, 0.3) is 0 Å². The predicted molar refractivity (Wildman–Crippen MR) is 84.7 cm³/mol. The Hall–Kier alpha value is -0.860. The maximum absolute atomic E-state index is 3.68. The van der Waals surface area contributed by atoms with Crippen LogP contribution in [0.4, 0.5) is 0 Å². The smallest absolute Gasteiger partial charge is 0.0449 e. The zero-order chi connectivity index (χ0) is 14.3. The molecule has 1 aromatic rings. The summed E-state index contributed by atoms with van der Waals surface area (Å²) in [5.41, 5.74) is 4.18. The Morgan fingerprint density at radius 1 is 1.11 bits per heavy atom. The predicted octanol–water partition coefficient (Wildman–Crippen LogP) is 3.69. The van der Waals surface area contributed by atoms with Gasteiger partial charge in [0.25, 0.3) is 0 Å². The van der Waals surface area contributed by atoms with Gasteiger partial charge in [-0.1, -0.05) is 32.0 Å². The van der Waals surface area contributed by atoms with Crippen molar-refractivity contribution in [2.24, 2.45) is 0 Å². The van der Waals surface area contributed by atoms with Gasteiger partial charge in [-0.05, 0) is 63.5 Å². The summed E-state index contributed by atoms with van der Waals surface area (Å²) in [6.45, 7) is 12.2. The quantitative estimate of drug-likeness (QED) is 0.768. The standard InChI is InChI=1S/C17H30N2/c1-6-10-18-17(13-19(5)11-7-2)16-9-8-14(3)15(4)12-16/h8-9,12,17-18H,6-7,10-11,13H2,1-5H3. The summed E-state index contributed by atoms with van der Waals surface area (Å²) in [6, 6.07) is 7.29. The molecule has 2 nitrogen and oxygen atoms in total. The molecule has 0 heterocycles. The van der Waals surface area contributed by atoms with E-state index in [0.29, 0.717) is 6.04 Å². The van der Waals surface area contributed by atoms with Crippen LogP contribution < -0.4 is 5.32 Å². The molecule has 0 fully saturated rings. The number of aryl methyl sites for hydroxylation is 2. The van der Waals surface area contributed by atoms with E-state index in [0.717, 1.165) is 19.6 Å². The van der Waals surface area contributed by atoms with E-state index in [2.05, 4.69) is 63.2 Å². The first-order valence-electron chi connectivity index (χ1n) is 7.57. The second-order valence-corrected chi connectivity index (χ2v) is 5.61. The number of nitrogens with zero attached hydrogens (tertiary/aromatic N) is 1. The molecule has 0 spiro atoms. The molecule has 0 saturated heterocycles. The van der Waals surface area contributed by atoms with Gasteiger partial charge >= 0.3 is 0 Å². The molecular formula is C17H30N2. The Morgan fingerprint density at radius 3 is 2.42 bits per heavy atom. The van der Waals surface area contributed by atoms with Gasteiger partial charge in [-0.2, -0.15) is 0 Å². The van der Waals surface area contributed by atoms with E-state index in [-0.39, 0.29) is 0 Å².